The number of thiocarbonyl (C=S) groups is 1. The standard InChI is InChI=1S/C20H23ClN2O3S/c1-11-7-6-8-13(17(11)26-5)18(25)23-19(27)22-15-10-12(20(2,3)4)9-14(21)16(15)24/h6-10,24H,1-5H3,(H2,22,23,25,27). The first-order chi connectivity index (χ1) is 12.5. The van der Waals surface area contributed by atoms with Gasteiger partial charge in [0.25, 0.3) is 5.91 Å². The molecule has 3 N–H and O–H groups in total. The Hall–Kier alpha value is -2.31. The van der Waals surface area contributed by atoms with Gasteiger partial charge in [0.2, 0.25) is 0 Å². The lowest BCUT2D eigenvalue weighted by molar-refractivity contribution is 0.0974. The van der Waals surface area contributed by atoms with Crippen molar-refractivity contribution < 1.29 is 14.6 Å². The Morgan fingerprint density at radius 2 is 1.93 bits per heavy atom. The van der Waals surface area contributed by atoms with E-state index in [2.05, 4.69) is 10.6 Å². The molecule has 27 heavy (non-hydrogen) atoms. The van der Waals surface area contributed by atoms with E-state index in [-0.39, 0.29) is 21.3 Å². The number of hydrogen-bond acceptors (Lipinski definition) is 4. The molecule has 144 valence electrons. The quantitative estimate of drug-likeness (QED) is 0.505. The number of amides is 1. The van der Waals surface area contributed by atoms with E-state index >= 15 is 0 Å². The first-order valence-electron chi connectivity index (χ1n) is 8.33. The van der Waals surface area contributed by atoms with Crippen molar-refractivity contribution >= 4 is 40.5 Å². The highest BCUT2D eigenvalue weighted by Crippen LogP contribution is 2.37. The maximum absolute atomic E-state index is 12.5. The average Bonchev–Trinajstić information content (AvgIpc) is 2.57. The van der Waals surface area contributed by atoms with Crippen LogP contribution in [0.5, 0.6) is 11.5 Å². The number of aryl methyl sites for hydroxylation is 1. The second-order valence-electron chi connectivity index (χ2n) is 7.17. The Balaban J connectivity index is 2.23. The predicted octanol–water partition coefficient (Wildman–Crippen LogP) is 4.79. The summed E-state index contributed by atoms with van der Waals surface area (Å²) in [4.78, 5) is 12.5. The first-order valence-corrected chi connectivity index (χ1v) is 9.12. The molecule has 0 saturated heterocycles. The lowest BCUT2D eigenvalue weighted by Gasteiger charge is -2.22. The number of halogens is 1. The summed E-state index contributed by atoms with van der Waals surface area (Å²) in [5, 5.41) is 15.9. The molecule has 7 heteroatoms. The molecule has 0 heterocycles. The molecule has 0 aliphatic heterocycles. The van der Waals surface area contributed by atoms with Gasteiger partial charge in [-0.3, -0.25) is 10.1 Å². The summed E-state index contributed by atoms with van der Waals surface area (Å²) < 4.78 is 5.30. The summed E-state index contributed by atoms with van der Waals surface area (Å²) in [5.74, 6) is -0.0570. The number of benzene rings is 2. The molecular formula is C20H23ClN2O3S. The summed E-state index contributed by atoms with van der Waals surface area (Å²) in [5.41, 5.74) is 2.28. The summed E-state index contributed by atoms with van der Waals surface area (Å²) in [6, 6.07) is 8.73. The van der Waals surface area contributed by atoms with E-state index in [9.17, 15) is 9.90 Å². The number of anilines is 1. The third-order valence-electron chi connectivity index (χ3n) is 4.07. The van der Waals surface area contributed by atoms with Crippen LogP contribution in [0.15, 0.2) is 30.3 Å². The molecule has 0 aromatic heterocycles. The lowest BCUT2D eigenvalue weighted by atomic mass is 9.87. The monoisotopic (exact) mass is 406 g/mol. The Kier molecular flexibility index (Phi) is 6.34. The molecule has 0 aliphatic carbocycles. The molecule has 0 unspecified atom stereocenters. The number of phenolic OH excluding ortho intramolecular Hbond substituents is 1. The highest BCUT2D eigenvalue weighted by atomic mass is 35.5. The number of para-hydroxylation sites is 1. The number of phenols is 1. The highest BCUT2D eigenvalue weighted by molar-refractivity contribution is 7.80. The van der Waals surface area contributed by atoms with Crippen molar-refractivity contribution in [2.45, 2.75) is 33.1 Å². The van der Waals surface area contributed by atoms with Crippen LogP contribution >= 0.6 is 23.8 Å². The summed E-state index contributed by atoms with van der Waals surface area (Å²) in [6.07, 6.45) is 0. The van der Waals surface area contributed by atoms with E-state index in [0.29, 0.717) is 17.0 Å². The smallest absolute Gasteiger partial charge is 0.261 e. The van der Waals surface area contributed by atoms with Crippen LogP contribution in [0.1, 0.15) is 42.3 Å². The van der Waals surface area contributed by atoms with Crippen LogP contribution in [0.25, 0.3) is 0 Å². The Morgan fingerprint density at radius 3 is 2.52 bits per heavy atom. The second-order valence-corrected chi connectivity index (χ2v) is 7.98. The molecular weight excluding hydrogens is 384 g/mol. The van der Waals surface area contributed by atoms with Crippen LogP contribution in [-0.2, 0) is 5.41 Å². The van der Waals surface area contributed by atoms with Crippen LogP contribution in [0.4, 0.5) is 5.69 Å². The van der Waals surface area contributed by atoms with Gasteiger partial charge < -0.3 is 15.2 Å². The van der Waals surface area contributed by atoms with Gasteiger partial charge in [-0.15, -0.1) is 0 Å². The van der Waals surface area contributed by atoms with Crippen molar-refractivity contribution in [1.29, 1.82) is 0 Å². The summed E-state index contributed by atoms with van der Waals surface area (Å²) in [6.45, 7) is 7.95. The third kappa shape index (κ3) is 4.90. The zero-order chi connectivity index (χ0) is 20.4. The average molecular weight is 407 g/mol. The molecule has 2 rings (SSSR count). The van der Waals surface area contributed by atoms with Crippen LogP contribution < -0.4 is 15.4 Å². The number of nitrogens with one attached hydrogen (secondary N) is 2. The van der Waals surface area contributed by atoms with Gasteiger partial charge in [0.05, 0.1) is 23.4 Å². The van der Waals surface area contributed by atoms with E-state index < -0.39 is 5.91 Å². The highest BCUT2D eigenvalue weighted by Gasteiger charge is 2.20. The molecule has 5 nitrogen and oxygen atoms in total. The van der Waals surface area contributed by atoms with Gasteiger partial charge in [-0.05, 0) is 53.9 Å². The Bertz CT molecular complexity index is 892. The fourth-order valence-corrected chi connectivity index (χ4v) is 2.98. The van der Waals surface area contributed by atoms with Crippen LogP contribution in [-0.4, -0.2) is 23.2 Å². The molecule has 0 saturated carbocycles. The van der Waals surface area contributed by atoms with Crippen molar-refractivity contribution in [2.24, 2.45) is 0 Å². The van der Waals surface area contributed by atoms with Gasteiger partial charge in [0.1, 0.15) is 5.75 Å². The third-order valence-corrected chi connectivity index (χ3v) is 4.56. The van der Waals surface area contributed by atoms with Crippen molar-refractivity contribution in [1.82, 2.24) is 5.32 Å². The van der Waals surface area contributed by atoms with Crippen LogP contribution in [0, 0.1) is 6.92 Å². The predicted molar refractivity (Wildman–Crippen MR) is 113 cm³/mol. The zero-order valence-electron chi connectivity index (χ0n) is 15.9. The Labute approximate surface area is 169 Å². The molecule has 2 aromatic rings. The number of ether oxygens (including phenoxy) is 1. The van der Waals surface area contributed by atoms with Gasteiger partial charge in [-0.2, -0.15) is 0 Å². The van der Waals surface area contributed by atoms with Crippen molar-refractivity contribution in [3.05, 3.63) is 52.0 Å². The van der Waals surface area contributed by atoms with Gasteiger partial charge in [-0.25, -0.2) is 0 Å². The minimum atomic E-state index is -0.411. The fourth-order valence-electron chi connectivity index (χ4n) is 2.55. The molecule has 2 aromatic carbocycles. The van der Waals surface area contributed by atoms with Gasteiger partial charge in [0.15, 0.2) is 10.9 Å². The van der Waals surface area contributed by atoms with Crippen LogP contribution in [0.2, 0.25) is 5.02 Å². The number of rotatable bonds is 3. The summed E-state index contributed by atoms with van der Waals surface area (Å²) in [7, 11) is 1.51. The fraction of sp³-hybridized carbons (Fsp3) is 0.300. The number of aromatic hydroxyl groups is 1. The van der Waals surface area contributed by atoms with Crippen molar-refractivity contribution in [2.75, 3.05) is 12.4 Å². The van der Waals surface area contributed by atoms with E-state index in [1.54, 1.807) is 24.3 Å². The van der Waals surface area contributed by atoms with E-state index in [1.807, 2.05) is 33.8 Å². The summed E-state index contributed by atoms with van der Waals surface area (Å²) >= 11 is 11.4. The molecule has 0 spiro atoms. The zero-order valence-corrected chi connectivity index (χ0v) is 17.5. The SMILES string of the molecule is COc1c(C)cccc1C(=O)NC(=S)Nc1cc(C(C)(C)C)cc(Cl)c1O. The van der Waals surface area contributed by atoms with E-state index in [4.69, 9.17) is 28.6 Å². The molecule has 0 bridgehead atoms. The van der Waals surface area contributed by atoms with Crippen LogP contribution in [0.3, 0.4) is 0 Å². The largest absolute Gasteiger partial charge is 0.504 e. The topological polar surface area (TPSA) is 70.6 Å². The Morgan fingerprint density at radius 1 is 1.26 bits per heavy atom. The molecule has 0 aliphatic rings. The maximum atomic E-state index is 12.5. The number of methoxy groups -OCH3 is 1. The molecule has 1 amide bonds. The minimum absolute atomic E-state index is 0.0426. The molecule has 0 atom stereocenters. The number of hydrogen-bond donors (Lipinski definition) is 3. The van der Waals surface area contributed by atoms with Gasteiger partial charge in [-0.1, -0.05) is 44.5 Å². The van der Waals surface area contributed by atoms with Gasteiger partial charge in [0, 0.05) is 0 Å². The lowest BCUT2D eigenvalue weighted by Crippen LogP contribution is -2.34. The van der Waals surface area contributed by atoms with E-state index in [1.165, 1.54) is 7.11 Å². The maximum Gasteiger partial charge on any atom is 0.261 e. The molecule has 0 radical (unpaired) electrons. The normalized spacial score (nSPS) is 11.0. The first kappa shape index (κ1) is 21.0. The van der Waals surface area contributed by atoms with E-state index in [0.717, 1.165) is 11.1 Å². The number of carbonyl (C=O) groups is 1. The van der Waals surface area contributed by atoms with Crippen molar-refractivity contribution in [3.63, 3.8) is 0 Å². The minimum Gasteiger partial charge on any atom is -0.504 e. The second kappa shape index (κ2) is 8.15. The molecule has 0 fully saturated rings. The van der Waals surface area contributed by atoms with Gasteiger partial charge >= 0.3 is 0 Å². The van der Waals surface area contributed by atoms with Crippen molar-refractivity contribution in [3.8, 4) is 11.5 Å². The number of carbonyl (C=O) groups excluding carboxylic acids is 1.